The molecule has 0 amide bonds. The smallest absolute Gasteiger partial charge is 0.133 e. The van der Waals surface area contributed by atoms with E-state index >= 15 is 0 Å². The summed E-state index contributed by atoms with van der Waals surface area (Å²) >= 11 is 0. The Hall–Kier alpha value is -0.740. The van der Waals surface area contributed by atoms with Crippen molar-refractivity contribution in [3.8, 4) is 0 Å². The van der Waals surface area contributed by atoms with Gasteiger partial charge in [-0.2, -0.15) is 0 Å². The number of hydrogen-bond donors (Lipinski definition) is 0. The minimum atomic E-state index is 0.579. The Morgan fingerprint density at radius 1 is 0.688 bits per heavy atom. The van der Waals surface area contributed by atoms with E-state index in [-0.39, 0.29) is 0 Å². The Balaban J connectivity index is 2.54. The predicted octanol–water partition coefficient (Wildman–Crippen LogP) is 2.10. The maximum absolute atomic E-state index is 5.66. The van der Waals surface area contributed by atoms with Crippen LogP contribution in [0.1, 0.15) is 26.7 Å². The van der Waals surface area contributed by atoms with Crippen molar-refractivity contribution >= 4 is 0 Å². The lowest BCUT2D eigenvalue weighted by Gasteiger charge is -2.17. The first-order valence-corrected chi connectivity index (χ1v) is 6.01. The summed E-state index contributed by atoms with van der Waals surface area (Å²) in [6, 6.07) is 0. The quantitative estimate of drug-likeness (QED) is 0.728. The molecule has 0 aromatic carbocycles. The van der Waals surface area contributed by atoms with Crippen LogP contribution in [0.15, 0.2) is 11.5 Å². The Bertz CT molecular complexity index is 191. The van der Waals surface area contributed by atoms with E-state index in [9.17, 15) is 0 Å². The van der Waals surface area contributed by atoms with Gasteiger partial charge in [0, 0.05) is 12.8 Å². The molecule has 16 heavy (non-hydrogen) atoms. The molecule has 0 aromatic heterocycles. The van der Waals surface area contributed by atoms with Gasteiger partial charge in [-0.05, 0) is 0 Å². The van der Waals surface area contributed by atoms with Gasteiger partial charge in [0.1, 0.15) is 24.7 Å². The molecule has 0 aromatic rings. The third-order valence-electron chi connectivity index (χ3n) is 2.33. The molecular formula is C12H22O4. The fourth-order valence-electron chi connectivity index (χ4n) is 1.53. The van der Waals surface area contributed by atoms with E-state index in [1.54, 1.807) is 0 Å². The summed E-state index contributed by atoms with van der Waals surface area (Å²) in [6.45, 7) is 7.74. The van der Waals surface area contributed by atoms with E-state index in [1.165, 1.54) is 0 Å². The van der Waals surface area contributed by atoms with Gasteiger partial charge in [-0.3, -0.25) is 0 Å². The molecule has 94 valence electrons. The molecule has 4 heteroatoms. The number of hydrogen-bond acceptors (Lipinski definition) is 4. The largest absolute Gasteiger partial charge is 0.492 e. The van der Waals surface area contributed by atoms with Crippen LogP contribution in [0.2, 0.25) is 0 Å². The molecule has 0 N–H and O–H groups in total. The summed E-state index contributed by atoms with van der Waals surface area (Å²) in [5.41, 5.74) is 0. The lowest BCUT2D eigenvalue weighted by atomic mass is 10.3. The SMILES string of the molecule is CC/C1=C(\CC)OCCOCCOCCO1. The summed E-state index contributed by atoms with van der Waals surface area (Å²) in [7, 11) is 0. The highest BCUT2D eigenvalue weighted by Gasteiger charge is 2.07. The van der Waals surface area contributed by atoms with Crippen molar-refractivity contribution in [3.63, 3.8) is 0 Å². The van der Waals surface area contributed by atoms with Crippen molar-refractivity contribution in [1.29, 1.82) is 0 Å². The highest BCUT2D eigenvalue weighted by Crippen LogP contribution is 2.15. The second kappa shape index (κ2) is 8.42. The molecule has 0 radical (unpaired) electrons. The molecule has 1 aliphatic rings. The molecule has 4 nitrogen and oxygen atoms in total. The van der Waals surface area contributed by atoms with Gasteiger partial charge < -0.3 is 18.9 Å². The Labute approximate surface area is 97.5 Å². The van der Waals surface area contributed by atoms with Gasteiger partial charge in [0.25, 0.3) is 0 Å². The number of allylic oxidation sites excluding steroid dienone is 2. The molecule has 0 atom stereocenters. The maximum atomic E-state index is 5.66. The Morgan fingerprint density at radius 3 is 1.44 bits per heavy atom. The zero-order chi connectivity index (χ0) is 11.6. The fraction of sp³-hybridized carbons (Fsp3) is 0.833. The van der Waals surface area contributed by atoms with Gasteiger partial charge >= 0.3 is 0 Å². The van der Waals surface area contributed by atoms with Crippen molar-refractivity contribution < 1.29 is 18.9 Å². The van der Waals surface area contributed by atoms with Crippen molar-refractivity contribution in [2.45, 2.75) is 26.7 Å². The zero-order valence-corrected chi connectivity index (χ0v) is 10.3. The van der Waals surface area contributed by atoms with Gasteiger partial charge in [0.05, 0.1) is 26.4 Å². The van der Waals surface area contributed by atoms with Crippen LogP contribution >= 0.6 is 0 Å². The van der Waals surface area contributed by atoms with Crippen molar-refractivity contribution in [3.05, 3.63) is 11.5 Å². The molecule has 0 unspecified atom stereocenters. The summed E-state index contributed by atoms with van der Waals surface area (Å²) in [5.74, 6) is 1.87. The minimum Gasteiger partial charge on any atom is -0.492 e. The molecule has 1 heterocycles. The second-order valence-corrected chi connectivity index (χ2v) is 3.48. The van der Waals surface area contributed by atoms with E-state index in [2.05, 4.69) is 13.8 Å². The van der Waals surface area contributed by atoms with E-state index in [4.69, 9.17) is 18.9 Å². The standard InChI is InChI=1S/C12H22O4/c1-3-11-12(4-2)16-10-8-14-6-5-13-7-9-15-11/h3-10H2,1-2H3/b12-11-. The minimum absolute atomic E-state index is 0.579. The molecule has 0 spiro atoms. The monoisotopic (exact) mass is 230 g/mol. The third-order valence-corrected chi connectivity index (χ3v) is 2.33. The summed E-state index contributed by atoms with van der Waals surface area (Å²) in [4.78, 5) is 0. The second-order valence-electron chi connectivity index (χ2n) is 3.48. The molecular weight excluding hydrogens is 208 g/mol. The first kappa shape index (κ1) is 13.3. The molecule has 1 rings (SSSR count). The molecule has 0 bridgehead atoms. The van der Waals surface area contributed by atoms with Gasteiger partial charge in [-0.15, -0.1) is 0 Å². The first-order chi connectivity index (χ1) is 7.88. The highest BCUT2D eigenvalue weighted by molar-refractivity contribution is 5.00. The lowest BCUT2D eigenvalue weighted by molar-refractivity contribution is 0.000222. The van der Waals surface area contributed by atoms with Crippen LogP contribution in [0, 0.1) is 0 Å². The molecule has 0 saturated heterocycles. The molecule has 0 aliphatic carbocycles. The number of ether oxygens (including phenoxy) is 4. The van der Waals surface area contributed by atoms with Gasteiger partial charge in [0.15, 0.2) is 0 Å². The average Bonchev–Trinajstić information content (AvgIpc) is 2.30. The van der Waals surface area contributed by atoms with E-state index in [0.717, 1.165) is 24.4 Å². The van der Waals surface area contributed by atoms with Crippen LogP contribution in [0.5, 0.6) is 0 Å². The summed E-state index contributed by atoms with van der Waals surface area (Å²) in [6.07, 6.45) is 1.70. The normalized spacial score (nSPS) is 24.9. The predicted molar refractivity (Wildman–Crippen MR) is 61.2 cm³/mol. The molecule has 1 aliphatic heterocycles. The summed E-state index contributed by atoms with van der Waals surface area (Å²) < 4.78 is 22.0. The lowest BCUT2D eigenvalue weighted by Crippen LogP contribution is -2.14. The molecule has 0 fully saturated rings. The van der Waals surface area contributed by atoms with Crippen LogP contribution in [0.25, 0.3) is 0 Å². The zero-order valence-electron chi connectivity index (χ0n) is 10.3. The Kier molecular flexibility index (Phi) is 7.01. The van der Waals surface area contributed by atoms with Crippen LogP contribution in [-0.4, -0.2) is 39.6 Å². The fourth-order valence-corrected chi connectivity index (χ4v) is 1.53. The highest BCUT2D eigenvalue weighted by atomic mass is 16.6. The van der Waals surface area contributed by atoms with Crippen molar-refractivity contribution in [1.82, 2.24) is 0 Å². The van der Waals surface area contributed by atoms with E-state index < -0.39 is 0 Å². The first-order valence-electron chi connectivity index (χ1n) is 6.01. The molecule has 0 saturated carbocycles. The van der Waals surface area contributed by atoms with Gasteiger partial charge in [-0.25, -0.2) is 0 Å². The van der Waals surface area contributed by atoms with Crippen LogP contribution in [0.4, 0.5) is 0 Å². The summed E-state index contributed by atoms with van der Waals surface area (Å²) in [5, 5.41) is 0. The maximum Gasteiger partial charge on any atom is 0.133 e. The van der Waals surface area contributed by atoms with Crippen LogP contribution in [0.3, 0.4) is 0 Å². The van der Waals surface area contributed by atoms with Crippen molar-refractivity contribution in [2.75, 3.05) is 39.6 Å². The number of rotatable bonds is 2. The van der Waals surface area contributed by atoms with Crippen LogP contribution < -0.4 is 0 Å². The van der Waals surface area contributed by atoms with Crippen LogP contribution in [-0.2, 0) is 18.9 Å². The average molecular weight is 230 g/mol. The van der Waals surface area contributed by atoms with E-state index in [1.807, 2.05) is 0 Å². The van der Waals surface area contributed by atoms with Crippen molar-refractivity contribution in [2.24, 2.45) is 0 Å². The Morgan fingerprint density at radius 2 is 1.06 bits per heavy atom. The third kappa shape index (κ3) is 4.86. The topological polar surface area (TPSA) is 36.9 Å². The van der Waals surface area contributed by atoms with Gasteiger partial charge in [-0.1, -0.05) is 13.8 Å². The van der Waals surface area contributed by atoms with E-state index in [0.29, 0.717) is 39.6 Å². The van der Waals surface area contributed by atoms with Gasteiger partial charge in [0.2, 0.25) is 0 Å².